The van der Waals surface area contributed by atoms with Crippen LogP contribution in [-0.2, 0) is 6.18 Å². The lowest BCUT2D eigenvalue weighted by Gasteiger charge is -2.12. The number of pyridine rings is 1. The van der Waals surface area contributed by atoms with Crippen molar-refractivity contribution in [2.75, 3.05) is 7.11 Å². The number of ether oxygens (including phenoxy) is 1. The molecule has 0 atom stereocenters. The van der Waals surface area contributed by atoms with Crippen LogP contribution in [0.2, 0.25) is 0 Å². The fourth-order valence-corrected chi connectivity index (χ4v) is 2.80. The lowest BCUT2D eigenvalue weighted by molar-refractivity contribution is -0.139. The summed E-state index contributed by atoms with van der Waals surface area (Å²) in [5.74, 6) is 0.601. The summed E-state index contributed by atoms with van der Waals surface area (Å²) in [6, 6.07) is 13.5. The topological polar surface area (TPSA) is 47.9 Å². The number of alkyl halides is 3. The SMILES string of the molecule is COc1ccc(-c2nc(C(F)(F)F)c3cnc4ccccc4c3n2)cc1. The second-order valence-electron chi connectivity index (χ2n) is 5.66. The molecule has 4 aromatic rings. The van der Waals surface area contributed by atoms with E-state index in [1.807, 2.05) is 0 Å². The number of para-hydroxylation sites is 1. The van der Waals surface area contributed by atoms with Crippen LogP contribution in [-0.4, -0.2) is 22.1 Å². The molecule has 0 amide bonds. The molecule has 0 aliphatic carbocycles. The zero-order valence-electron chi connectivity index (χ0n) is 13.6. The van der Waals surface area contributed by atoms with E-state index in [9.17, 15) is 13.2 Å². The van der Waals surface area contributed by atoms with Crippen molar-refractivity contribution in [3.8, 4) is 17.1 Å². The first kappa shape index (κ1) is 16.3. The Kier molecular flexibility index (Phi) is 3.72. The first-order chi connectivity index (χ1) is 12.5. The quantitative estimate of drug-likeness (QED) is 0.481. The molecule has 0 aliphatic rings. The summed E-state index contributed by atoms with van der Waals surface area (Å²) in [6.07, 6.45) is -3.44. The molecule has 0 unspecified atom stereocenters. The molecule has 26 heavy (non-hydrogen) atoms. The van der Waals surface area contributed by atoms with Crippen LogP contribution in [0.25, 0.3) is 33.2 Å². The van der Waals surface area contributed by atoms with Gasteiger partial charge in [0.15, 0.2) is 11.5 Å². The summed E-state index contributed by atoms with van der Waals surface area (Å²) < 4.78 is 45.9. The van der Waals surface area contributed by atoms with E-state index >= 15 is 0 Å². The van der Waals surface area contributed by atoms with E-state index in [0.29, 0.717) is 22.2 Å². The maximum atomic E-state index is 13.6. The average molecular weight is 355 g/mol. The number of fused-ring (bicyclic) bond motifs is 3. The highest BCUT2D eigenvalue weighted by atomic mass is 19.4. The largest absolute Gasteiger partial charge is 0.497 e. The Morgan fingerprint density at radius 2 is 1.62 bits per heavy atom. The molecule has 0 aliphatic heterocycles. The highest BCUT2D eigenvalue weighted by molar-refractivity contribution is 6.04. The third-order valence-electron chi connectivity index (χ3n) is 4.05. The van der Waals surface area contributed by atoms with Crippen LogP contribution in [0.3, 0.4) is 0 Å². The maximum Gasteiger partial charge on any atom is 0.434 e. The first-order valence-electron chi connectivity index (χ1n) is 7.74. The average Bonchev–Trinajstić information content (AvgIpc) is 2.66. The molecule has 0 radical (unpaired) electrons. The Labute approximate surface area is 146 Å². The zero-order valence-corrected chi connectivity index (χ0v) is 13.6. The van der Waals surface area contributed by atoms with Gasteiger partial charge in [-0.1, -0.05) is 18.2 Å². The van der Waals surface area contributed by atoms with Gasteiger partial charge >= 0.3 is 6.18 Å². The van der Waals surface area contributed by atoms with Crippen molar-refractivity contribution in [2.24, 2.45) is 0 Å². The molecule has 2 heterocycles. The Hall–Kier alpha value is -3.22. The molecule has 0 bridgehead atoms. The molecule has 2 aromatic carbocycles. The van der Waals surface area contributed by atoms with Gasteiger partial charge in [-0.15, -0.1) is 0 Å². The number of methoxy groups -OCH3 is 1. The third kappa shape index (κ3) is 2.71. The number of nitrogens with zero attached hydrogens (tertiary/aromatic N) is 3. The van der Waals surface area contributed by atoms with Crippen LogP contribution >= 0.6 is 0 Å². The van der Waals surface area contributed by atoms with Gasteiger partial charge in [-0.3, -0.25) is 4.98 Å². The molecule has 0 saturated heterocycles. The van der Waals surface area contributed by atoms with Gasteiger partial charge in [-0.05, 0) is 30.3 Å². The van der Waals surface area contributed by atoms with Gasteiger partial charge in [0, 0.05) is 17.1 Å². The van der Waals surface area contributed by atoms with Gasteiger partial charge in [-0.2, -0.15) is 13.2 Å². The summed E-state index contributed by atoms with van der Waals surface area (Å²) >= 11 is 0. The van der Waals surface area contributed by atoms with Crippen LogP contribution in [0.5, 0.6) is 5.75 Å². The minimum Gasteiger partial charge on any atom is -0.497 e. The summed E-state index contributed by atoms with van der Waals surface area (Å²) in [5, 5.41) is 0.432. The second kappa shape index (κ2) is 5.94. The molecule has 2 aromatic heterocycles. The molecule has 130 valence electrons. The van der Waals surface area contributed by atoms with Crippen LogP contribution < -0.4 is 4.74 Å². The van der Waals surface area contributed by atoms with Crippen molar-refractivity contribution < 1.29 is 17.9 Å². The normalized spacial score (nSPS) is 11.8. The fraction of sp³-hybridized carbons (Fsp3) is 0.105. The smallest absolute Gasteiger partial charge is 0.434 e. The van der Waals surface area contributed by atoms with Crippen molar-refractivity contribution in [3.63, 3.8) is 0 Å². The minimum atomic E-state index is -4.62. The molecule has 0 fully saturated rings. The number of hydrogen-bond donors (Lipinski definition) is 0. The van der Waals surface area contributed by atoms with Gasteiger partial charge in [0.05, 0.1) is 23.5 Å². The Morgan fingerprint density at radius 3 is 2.31 bits per heavy atom. The predicted octanol–water partition coefficient (Wildman–Crippen LogP) is 4.87. The molecule has 0 spiro atoms. The first-order valence-corrected chi connectivity index (χ1v) is 7.74. The van der Waals surface area contributed by atoms with E-state index in [4.69, 9.17) is 4.74 Å². The van der Waals surface area contributed by atoms with E-state index in [-0.39, 0.29) is 16.7 Å². The van der Waals surface area contributed by atoms with Crippen LogP contribution in [0.4, 0.5) is 13.2 Å². The van der Waals surface area contributed by atoms with E-state index in [0.717, 1.165) is 0 Å². The lowest BCUT2D eigenvalue weighted by Crippen LogP contribution is -2.11. The van der Waals surface area contributed by atoms with Crippen molar-refractivity contribution in [3.05, 3.63) is 60.4 Å². The highest BCUT2D eigenvalue weighted by Crippen LogP contribution is 2.36. The molecule has 7 heteroatoms. The van der Waals surface area contributed by atoms with Gasteiger partial charge in [-0.25, -0.2) is 9.97 Å². The van der Waals surface area contributed by atoms with Crippen molar-refractivity contribution in [1.82, 2.24) is 15.0 Å². The lowest BCUT2D eigenvalue weighted by atomic mass is 10.1. The Bertz CT molecular complexity index is 1110. The van der Waals surface area contributed by atoms with Crippen LogP contribution in [0.15, 0.2) is 54.7 Å². The monoisotopic (exact) mass is 355 g/mol. The van der Waals surface area contributed by atoms with Gasteiger partial charge in [0.25, 0.3) is 0 Å². The Balaban J connectivity index is 2.06. The van der Waals surface area contributed by atoms with Crippen LogP contribution in [0, 0.1) is 0 Å². The maximum absolute atomic E-state index is 13.6. The number of benzene rings is 2. The molecule has 0 N–H and O–H groups in total. The number of rotatable bonds is 2. The van der Waals surface area contributed by atoms with E-state index in [1.54, 1.807) is 48.5 Å². The number of halogens is 3. The van der Waals surface area contributed by atoms with E-state index < -0.39 is 11.9 Å². The molecular weight excluding hydrogens is 343 g/mol. The van der Waals surface area contributed by atoms with Gasteiger partial charge in [0.1, 0.15) is 5.75 Å². The standard InChI is InChI=1S/C19H12F3N3O/c1-26-12-8-6-11(7-9-12)18-24-16-13-4-2-3-5-15(13)23-10-14(16)17(25-18)19(20,21)22/h2-10H,1H3. The summed E-state index contributed by atoms with van der Waals surface area (Å²) in [4.78, 5) is 12.3. The van der Waals surface area contributed by atoms with Gasteiger partial charge < -0.3 is 4.74 Å². The van der Waals surface area contributed by atoms with Crippen molar-refractivity contribution >= 4 is 21.8 Å². The van der Waals surface area contributed by atoms with E-state index in [1.165, 1.54) is 13.3 Å². The zero-order chi connectivity index (χ0) is 18.3. The molecule has 4 rings (SSSR count). The third-order valence-corrected chi connectivity index (χ3v) is 4.05. The number of aromatic nitrogens is 3. The minimum absolute atomic E-state index is 0.00355. The Morgan fingerprint density at radius 1 is 0.885 bits per heavy atom. The van der Waals surface area contributed by atoms with Crippen LogP contribution in [0.1, 0.15) is 5.69 Å². The van der Waals surface area contributed by atoms with E-state index in [2.05, 4.69) is 15.0 Å². The summed E-state index contributed by atoms with van der Waals surface area (Å²) in [6.45, 7) is 0. The number of hydrogen-bond acceptors (Lipinski definition) is 4. The molecular formula is C19H12F3N3O. The molecule has 4 nitrogen and oxygen atoms in total. The highest BCUT2D eigenvalue weighted by Gasteiger charge is 2.36. The second-order valence-corrected chi connectivity index (χ2v) is 5.66. The van der Waals surface area contributed by atoms with Gasteiger partial charge in [0.2, 0.25) is 0 Å². The predicted molar refractivity (Wildman–Crippen MR) is 91.8 cm³/mol. The summed E-state index contributed by atoms with van der Waals surface area (Å²) in [7, 11) is 1.52. The summed E-state index contributed by atoms with van der Waals surface area (Å²) in [5.41, 5.74) is 0.280. The molecule has 0 saturated carbocycles. The van der Waals surface area contributed by atoms with Crippen molar-refractivity contribution in [2.45, 2.75) is 6.18 Å². The fourth-order valence-electron chi connectivity index (χ4n) is 2.80. The van der Waals surface area contributed by atoms with Crippen molar-refractivity contribution in [1.29, 1.82) is 0 Å².